The van der Waals surface area contributed by atoms with Crippen LogP contribution in [0.15, 0.2) is 11.6 Å². The van der Waals surface area contributed by atoms with Crippen LogP contribution in [0.3, 0.4) is 0 Å². The summed E-state index contributed by atoms with van der Waals surface area (Å²) in [5.41, 5.74) is 0.791. The standard InChI is InChI=1S/C10H19NO4/c1-9(7-10(12)13)8-11-3-4-15-6-5-14-2/h7,11H,3-6,8H2,1-2H3,(H,12,13). The minimum absolute atomic E-state index is 0.569. The smallest absolute Gasteiger partial charge is 0.328 e. The molecular formula is C10H19NO4. The number of carbonyl (C=O) groups is 1. The zero-order chi connectivity index (χ0) is 11.5. The van der Waals surface area contributed by atoms with Crippen molar-refractivity contribution in [3.63, 3.8) is 0 Å². The summed E-state index contributed by atoms with van der Waals surface area (Å²) in [5, 5.41) is 11.5. The Bertz CT molecular complexity index is 204. The maximum Gasteiger partial charge on any atom is 0.328 e. The van der Waals surface area contributed by atoms with Gasteiger partial charge in [-0.1, -0.05) is 5.57 Å². The summed E-state index contributed by atoms with van der Waals surface area (Å²) in [6, 6.07) is 0. The number of methoxy groups -OCH3 is 1. The van der Waals surface area contributed by atoms with Gasteiger partial charge in [-0.3, -0.25) is 0 Å². The highest BCUT2D eigenvalue weighted by Gasteiger charge is 1.94. The molecule has 0 aromatic carbocycles. The summed E-state index contributed by atoms with van der Waals surface area (Å²) in [6.07, 6.45) is 1.19. The van der Waals surface area contributed by atoms with Crippen LogP contribution >= 0.6 is 0 Å². The van der Waals surface area contributed by atoms with E-state index in [0.29, 0.717) is 32.9 Å². The third-order valence-corrected chi connectivity index (χ3v) is 1.63. The highest BCUT2D eigenvalue weighted by Crippen LogP contribution is 1.88. The molecule has 5 nitrogen and oxygen atoms in total. The molecule has 0 fully saturated rings. The molecule has 0 aromatic heterocycles. The van der Waals surface area contributed by atoms with E-state index in [2.05, 4.69) is 5.32 Å². The van der Waals surface area contributed by atoms with Gasteiger partial charge >= 0.3 is 5.97 Å². The molecule has 0 unspecified atom stereocenters. The second kappa shape index (κ2) is 9.64. The van der Waals surface area contributed by atoms with Gasteiger partial charge in [0, 0.05) is 26.3 Å². The molecule has 0 heterocycles. The Labute approximate surface area is 90.1 Å². The Kier molecular flexibility index (Phi) is 9.05. The van der Waals surface area contributed by atoms with Crippen molar-refractivity contribution in [1.82, 2.24) is 5.32 Å². The van der Waals surface area contributed by atoms with Crippen molar-refractivity contribution in [1.29, 1.82) is 0 Å². The lowest BCUT2D eigenvalue weighted by Crippen LogP contribution is -2.22. The molecule has 0 radical (unpaired) electrons. The van der Waals surface area contributed by atoms with Gasteiger partial charge in [0.1, 0.15) is 0 Å². The van der Waals surface area contributed by atoms with E-state index in [0.717, 1.165) is 5.57 Å². The fraction of sp³-hybridized carbons (Fsp3) is 0.700. The lowest BCUT2D eigenvalue weighted by Gasteiger charge is -2.05. The van der Waals surface area contributed by atoms with E-state index < -0.39 is 5.97 Å². The van der Waals surface area contributed by atoms with Gasteiger partial charge in [0.15, 0.2) is 0 Å². The molecule has 5 heteroatoms. The van der Waals surface area contributed by atoms with Crippen molar-refractivity contribution >= 4 is 5.97 Å². The van der Waals surface area contributed by atoms with E-state index in [4.69, 9.17) is 14.6 Å². The van der Waals surface area contributed by atoms with Gasteiger partial charge < -0.3 is 19.9 Å². The van der Waals surface area contributed by atoms with Gasteiger partial charge in [-0.15, -0.1) is 0 Å². The van der Waals surface area contributed by atoms with Crippen LogP contribution in [0.4, 0.5) is 0 Å². The minimum Gasteiger partial charge on any atom is -0.478 e. The molecule has 0 aliphatic carbocycles. The second-order valence-corrected chi connectivity index (χ2v) is 3.11. The van der Waals surface area contributed by atoms with Crippen LogP contribution in [0.2, 0.25) is 0 Å². The van der Waals surface area contributed by atoms with Crippen LogP contribution in [-0.4, -0.2) is 51.1 Å². The van der Waals surface area contributed by atoms with Gasteiger partial charge in [0.05, 0.1) is 19.8 Å². The summed E-state index contributed by atoms with van der Waals surface area (Å²) in [4.78, 5) is 10.3. The van der Waals surface area contributed by atoms with E-state index in [-0.39, 0.29) is 0 Å². The number of hydrogen-bond acceptors (Lipinski definition) is 4. The molecule has 0 bridgehead atoms. The van der Waals surface area contributed by atoms with Crippen molar-refractivity contribution in [2.24, 2.45) is 0 Å². The van der Waals surface area contributed by atoms with Crippen LogP contribution < -0.4 is 5.32 Å². The summed E-state index contributed by atoms with van der Waals surface area (Å²) >= 11 is 0. The summed E-state index contributed by atoms with van der Waals surface area (Å²) in [6.45, 7) is 4.82. The molecule has 0 amide bonds. The Morgan fingerprint density at radius 2 is 2.13 bits per heavy atom. The van der Waals surface area contributed by atoms with Gasteiger partial charge in [0.25, 0.3) is 0 Å². The number of ether oxygens (including phenoxy) is 2. The monoisotopic (exact) mass is 217 g/mol. The van der Waals surface area contributed by atoms with Crippen molar-refractivity contribution in [3.05, 3.63) is 11.6 Å². The van der Waals surface area contributed by atoms with Crippen molar-refractivity contribution in [2.45, 2.75) is 6.92 Å². The fourth-order valence-corrected chi connectivity index (χ4v) is 0.936. The lowest BCUT2D eigenvalue weighted by molar-refractivity contribution is -0.131. The SMILES string of the molecule is COCCOCCNCC(C)=CC(=O)O. The number of nitrogens with one attached hydrogen (secondary N) is 1. The summed E-state index contributed by atoms with van der Waals surface area (Å²) in [7, 11) is 1.63. The number of carboxylic acid groups (broad SMARTS) is 1. The van der Waals surface area contributed by atoms with Crippen molar-refractivity contribution in [3.8, 4) is 0 Å². The normalized spacial score (nSPS) is 11.7. The van der Waals surface area contributed by atoms with Crippen LogP contribution in [0.25, 0.3) is 0 Å². The number of aliphatic carboxylic acids is 1. The molecule has 0 saturated heterocycles. The number of hydrogen-bond donors (Lipinski definition) is 2. The highest BCUT2D eigenvalue weighted by atomic mass is 16.5. The third kappa shape index (κ3) is 11.0. The molecule has 0 spiro atoms. The van der Waals surface area contributed by atoms with E-state index in [1.54, 1.807) is 14.0 Å². The summed E-state index contributed by atoms with van der Waals surface area (Å²) < 4.78 is 10.0. The maximum absolute atomic E-state index is 10.3. The van der Waals surface area contributed by atoms with E-state index in [9.17, 15) is 4.79 Å². The molecule has 88 valence electrons. The van der Waals surface area contributed by atoms with Crippen molar-refractivity contribution in [2.75, 3.05) is 40.0 Å². The van der Waals surface area contributed by atoms with Crippen LogP contribution in [0.5, 0.6) is 0 Å². The molecule has 0 saturated carbocycles. The largest absolute Gasteiger partial charge is 0.478 e. The molecule has 0 atom stereocenters. The third-order valence-electron chi connectivity index (χ3n) is 1.63. The van der Waals surface area contributed by atoms with Gasteiger partial charge in [-0.25, -0.2) is 4.79 Å². The molecule has 0 rings (SSSR count). The minimum atomic E-state index is -0.911. The second-order valence-electron chi connectivity index (χ2n) is 3.11. The Balaban J connectivity index is 3.27. The highest BCUT2D eigenvalue weighted by molar-refractivity contribution is 5.80. The van der Waals surface area contributed by atoms with Gasteiger partial charge in [-0.2, -0.15) is 0 Å². The predicted octanol–water partition coefficient (Wildman–Crippen LogP) is 0.270. The number of carboxylic acids is 1. The first-order valence-corrected chi connectivity index (χ1v) is 4.84. The molecule has 0 aliphatic heterocycles. The first-order valence-electron chi connectivity index (χ1n) is 4.84. The van der Waals surface area contributed by atoms with Gasteiger partial charge in [-0.05, 0) is 6.92 Å². The molecular weight excluding hydrogens is 198 g/mol. The van der Waals surface area contributed by atoms with Crippen LogP contribution in [0, 0.1) is 0 Å². The Morgan fingerprint density at radius 3 is 2.73 bits per heavy atom. The Morgan fingerprint density at radius 1 is 1.40 bits per heavy atom. The lowest BCUT2D eigenvalue weighted by atomic mass is 10.3. The van der Waals surface area contributed by atoms with Gasteiger partial charge in [0.2, 0.25) is 0 Å². The number of rotatable bonds is 9. The molecule has 0 aliphatic rings. The van der Waals surface area contributed by atoms with E-state index in [1.165, 1.54) is 6.08 Å². The zero-order valence-corrected chi connectivity index (χ0v) is 9.28. The van der Waals surface area contributed by atoms with Crippen LogP contribution in [-0.2, 0) is 14.3 Å². The Hall–Kier alpha value is -0.910. The predicted molar refractivity (Wildman–Crippen MR) is 57.0 cm³/mol. The maximum atomic E-state index is 10.3. The molecule has 0 aromatic rings. The fourth-order valence-electron chi connectivity index (χ4n) is 0.936. The first kappa shape index (κ1) is 14.1. The van der Waals surface area contributed by atoms with Crippen LogP contribution in [0.1, 0.15) is 6.92 Å². The van der Waals surface area contributed by atoms with Crippen molar-refractivity contribution < 1.29 is 19.4 Å². The molecule has 15 heavy (non-hydrogen) atoms. The quantitative estimate of drug-likeness (QED) is 0.428. The zero-order valence-electron chi connectivity index (χ0n) is 9.28. The average molecular weight is 217 g/mol. The van der Waals surface area contributed by atoms with E-state index in [1.807, 2.05) is 0 Å². The summed E-state index contributed by atoms with van der Waals surface area (Å²) in [5.74, 6) is -0.911. The topological polar surface area (TPSA) is 67.8 Å². The molecule has 2 N–H and O–H groups in total. The van der Waals surface area contributed by atoms with E-state index >= 15 is 0 Å². The average Bonchev–Trinajstić information content (AvgIpc) is 2.15. The first-order chi connectivity index (χ1) is 7.16.